The molecule has 11 atom stereocenters. The molecule has 0 heterocycles. The van der Waals surface area contributed by atoms with Crippen molar-refractivity contribution >= 4 is 6.09 Å². The number of carbonyl (C=O) groups excluding carboxylic acids is 1. The van der Waals surface area contributed by atoms with Gasteiger partial charge in [-0.25, -0.2) is 4.79 Å². The van der Waals surface area contributed by atoms with Crippen LogP contribution in [0.25, 0.3) is 0 Å². The Bertz CT molecular complexity index is 670. The highest BCUT2D eigenvalue weighted by Gasteiger charge is 2.64. The number of rotatable bonds is 5. The van der Waals surface area contributed by atoms with Gasteiger partial charge in [0, 0.05) is 0 Å². The molecular weight excluding hydrogens is 390 g/mol. The van der Waals surface area contributed by atoms with Gasteiger partial charge in [-0.2, -0.15) is 0 Å². The Morgan fingerprint density at radius 2 is 1.74 bits per heavy atom. The summed E-state index contributed by atoms with van der Waals surface area (Å²) in [6.45, 7) is 9.93. The van der Waals surface area contributed by atoms with Crippen molar-refractivity contribution in [2.75, 3.05) is 6.61 Å². The van der Waals surface area contributed by atoms with Gasteiger partial charge in [-0.15, -0.1) is 0 Å². The normalized spacial score (nSPS) is 50.1. The van der Waals surface area contributed by atoms with E-state index in [9.17, 15) is 15.0 Å². The first-order valence-corrected chi connectivity index (χ1v) is 12.9. The van der Waals surface area contributed by atoms with Crippen molar-refractivity contribution in [3.63, 3.8) is 0 Å². The fourth-order valence-corrected chi connectivity index (χ4v) is 9.48. The van der Waals surface area contributed by atoms with Crippen molar-refractivity contribution in [3.05, 3.63) is 0 Å². The first-order valence-electron chi connectivity index (χ1n) is 12.9. The van der Waals surface area contributed by atoms with Crippen LogP contribution in [0.15, 0.2) is 0 Å². The van der Waals surface area contributed by atoms with Crippen molar-refractivity contribution in [1.29, 1.82) is 0 Å². The highest BCUT2D eigenvalue weighted by Crippen LogP contribution is 2.69. The Hall–Kier alpha value is -0.810. The molecule has 0 radical (unpaired) electrons. The largest absolute Gasteiger partial charge is 0.450 e. The molecule has 178 valence electrons. The second-order valence-electron chi connectivity index (χ2n) is 12.1. The van der Waals surface area contributed by atoms with Crippen LogP contribution in [0, 0.1) is 52.3 Å². The average molecular weight is 436 g/mol. The molecule has 4 N–H and O–H groups in total. The van der Waals surface area contributed by atoms with Crippen LogP contribution in [0.5, 0.6) is 0 Å². The number of hydrogen-bond acceptors (Lipinski definition) is 4. The molecule has 0 bridgehead atoms. The van der Waals surface area contributed by atoms with Gasteiger partial charge in [0.05, 0.1) is 18.8 Å². The van der Waals surface area contributed by atoms with Crippen molar-refractivity contribution < 1.29 is 19.7 Å². The van der Waals surface area contributed by atoms with Gasteiger partial charge in [-0.3, -0.25) is 0 Å². The van der Waals surface area contributed by atoms with Crippen LogP contribution in [0.3, 0.4) is 0 Å². The Morgan fingerprint density at radius 1 is 1.06 bits per heavy atom. The van der Waals surface area contributed by atoms with E-state index in [-0.39, 0.29) is 23.0 Å². The zero-order chi connectivity index (χ0) is 22.6. The summed E-state index contributed by atoms with van der Waals surface area (Å²) in [6, 6.07) is 0. The van der Waals surface area contributed by atoms with E-state index < -0.39 is 6.09 Å². The highest BCUT2D eigenvalue weighted by molar-refractivity contribution is 5.64. The minimum absolute atomic E-state index is 0.191. The predicted octanol–water partition coefficient (Wildman–Crippen LogP) is 4.73. The minimum Gasteiger partial charge on any atom is -0.450 e. The van der Waals surface area contributed by atoms with Gasteiger partial charge in [-0.05, 0) is 104 Å². The molecule has 2 unspecified atom stereocenters. The van der Waals surface area contributed by atoms with Crippen LogP contribution >= 0.6 is 0 Å². The molecule has 0 aromatic carbocycles. The van der Waals surface area contributed by atoms with Crippen LogP contribution < -0.4 is 5.73 Å². The van der Waals surface area contributed by atoms with Gasteiger partial charge in [0.25, 0.3) is 0 Å². The molecular formula is C26H45NO4. The zero-order valence-electron chi connectivity index (χ0n) is 20.1. The van der Waals surface area contributed by atoms with Gasteiger partial charge in [0.2, 0.25) is 0 Å². The molecule has 31 heavy (non-hydrogen) atoms. The summed E-state index contributed by atoms with van der Waals surface area (Å²) in [6.07, 6.45) is 8.52. The standard InChI is InChI=1S/C26H45NO4/c1-5-17-21-14-16(28)8-11-26(21,4)20-9-12-25(3)18(15(2)10-13-31-24(27)30)6-7-19(25)22(20)23(17)29/h15-23,28-29H,5-14H2,1-4H3,(H2,27,30)/t15-,16-,17-,18-,19+,20?,21+,22+,23-,25?,26-/m1/s1. The highest BCUT2D eigenvalue weighted by atomic mass is 16.5. The van der Waals surface area contributed by atoms with E-state index in [0.29, 0.717) is 48.0 Å². The first-order chi connectivity index (χ1) is 14.6. The van der Waals surface area contributed by atoms with E-state index >= 15 is 0 Å². The molecule has 4 fully saturated rings. The molecule has 4 aliphatic carbocycles. The maximum absolute atomic E-state index is 11.7. The van der Waals surface area contributed by atoms with Crippen LogP contribution in [0.1, 0.15) is 85.5 Å². The van der Waals surface area contributed by atoms with E-state index in [4.69, 9.17) is 10.5 Å². The number of carbonyl (C=O) groups is 1. The third kappa shape index (κ3) is 3.72. The number of hydrogen-bond donors (Lipinski definition) is 3. The van der Waals surface area contributed by atoms with Crippen LogP contribution in [-0.2, 0) is 4.74 Å². The summed E-state index contributed by atoms with van der Waals surface area (Å²) < 4.78 is 5.03. The van der Waals surface area contributed by atoms with Crippen molar-refractivity contribution in [3.8, 4) is 0 Å². The molecule has 1 amide bonds. The molecule has 4 rings (SSSR count). The van der Waals surface area contributed by atoms with Crippen molar-refractivity contribution in [1.82, 2.24) is 0 Å². The molecule has 0 aromatic rings. The number of fused-ring (bicyclic) bond motifs is 5. The topological polar surface area (TPSA) is 92.8 Å². The molecule has 5 heteroatoms. The fraction of sp³-hybridized carbons (Fsp3) is 0.962. The van der Waals surface area contributed by atoms with Crippen LogP contribution in [0.2, 0.25) is 0 Å². The number of aliphatic hydroxyl groups is 2. The van der Waals surface area contributed by atoms with Gasteiger partial charge in [-0.1, -0.05) is 34.1 Å². The lowest BCUT2D eigenvalue weighted by Gasteiger charge is -2.64. The van der Waals surface area contributed by atoms with E-state index in [1.54, 1.807) is 0 Å². The molecule has 4 saturated carbocycles. The lowest BCUT2D eigenvalue weighted by Crippen LogP contribution is -2.62. The first kappa shape index (κ1) is 23.4. The number of aliphatic hydroxyl groups excluding tert-OH is 2. The molecule has 0 saturated heterocycles. The van der Waals surface area contributed by atoms with Crippen LogP contribution in [0.4, 0.5) is 4.79 Å². The molecule has 0 aliphatic heterocycles. The van der Waals surface area contributed by atoms with E-state index in [0.717, 1.165) is 32.1 Å². The molecule has 0 spiro atoms. The molecule has 4 aliphatic rings. The van der Waals surface area contributed by atoms with Crippen LogP contribution in [-0.4, -0.2) is 35.1 Å². The number of ether oxygens (including phenoxy) is 1. The smallest absolute Gasteiger partial charge is 0.404 e. The van der Waals surface area contributed by atoms with Crippen molar-refractivity contribution in [2.45, 2.75) is 97.7 Å². The van der Waals surface area contributed by atoms with Gasteiger partial charge in [0.1, 0.15) is 0 Å². The fourth-order valence-electron chi connectivity index (χ4n) is 9.48. The Morgan fingerprint density at radius 3 is 2.42 bits per heavy atom. The number of nitrogens with two attached hydrogens (primary N) is 1. The third-order valence-electron chi connectivity index (χ3n) is 11.0. The number of primary amides is 1. The van der Waals surface area contributed by atoms with Gasteiger partial charge < -0.3 is 20.7 Å². The molecule has 0 aromatic heterocycles. The molecule has 5 nitrogen and oxygen atoms in total. The Labute approximate surface area is 188 Å². The summed E-state index contributed by atoms with van der Waals surface area (Å²) in [5, 5.41) is 22.2. The monoisotopic (exact) mass is 435 g/mol. The Kier molecular flexibility index (Phi) is 6.42. The van der Waals surface area contributed by atoms with E-state index in [2.05, 4.69) is 27.7 Å². The van der Waals surface area contributed by atoms with Gasteiger partial charge >= 0.3 is 6.09 Å². The predicted molar refractivity (Wildman–Crippen MR) is 121 cm³/mol. The third-order valence-corrected chi connectivity index (χ3v) is 11.0. The summed E-state index contributed by atoms with van der Waals surface area (Å²) in [4.78, 5) is 11.0. The van der Waals surface area contributed by atoms with E-state index in [1.165, 1.54) is 25.7 Å². The summed E-state index contributed by atoms with van der Waals surface area (Å²) in [7, 11) is 0. The average Bonchev–Trinajstić information content (AvgIpc) is 3.06. The SMILES string of the molecule is CC[C@H]1[C@@H](O)[C@@H]2C(CCC3(C)[C@@H]([C@H](C)CCOC(N)=O)CC[C@@H]23)[C@@]2(C)CC[C@@H](O)C[C@@H]12. The number of amides is 1. The minimum atomic E-state index is -0.681. The zero-order valence-corrected chi connectivity index (χ0v) is 20.1. The lowest BCUT2D eigenvalue weighted by molar-refractivity contribution is -0.203. The van der Waals surface area contributed by atoms with Crippen molar-refractivity contribution in [2.24, 2.45) is 58.0 Å². The summed E-state index contributed by atoms with van der Waals surface area (Å²) >= 11 is 0. The second-order valence-corrected chi connectivity index (χ2v) is 12.1. The maximum Gasteiger partial charge on any atom is 0.404 e. The Balaban J connectivity index is 1.57. The van der Waals surface area contributed by atoms with Gasteiger partial charge in [0.15, 0.2) is 0 Å². The quantitative estimate of drug-likeness (QED) is 0.582. The maximum atomic E-state index is 11.7. The van der Waals surface area contributed by atoms with E-state index in [1.807, 2.05) is 0 Å². The second kappa shape index (κ2) is 8.52. The summed E-state index contributed by atoms with van der Waals surface area (Å²) in [5.74, 6) is 3.40. The summed E-state index contributed by atoms with van der Waals surface area (Å²) in [5.41, 5.74) is 5.66. The lowest BCUT2D eigenvalue weighted by atomic mass is 9.41.